The first kappa shape index (κ1) is 11.9. The molecule has 18 heavy (non-hydrogen) atoms. The van der Waals surface area contributed by atoms with Crippen molar-refractivity contribution >= 4 is 0 Å². The molecule has 1 saturated heterocycles. The number of rotatable bonds is 2. The van der Waals surface area contributed by atoms with Crippen molar-refractivity contribution in [3.8, 4) is 5.75 Å². The van der Waals surface area contributed by atoms with Crippen LogP contribution in [0.1, 0.15) is 12.0 Å². The molecule has 1 fully saturated rings. The van der Waals surface area contributed by atoms with Crippen molar-refractivity contribution in [1.82, 2.24) is 4.90 Å². The molecule has 2 aliphatic rings. The lowest BCUT2D eigenvalue weighted by Gasteiger charge is -2.22. The van der Waals surface area contributed by atoms with Crippen LogP contribution in [0.2, 0.25) is 0 Å². The van der Waals surface area contributed by atoms with E-state index in [4.69, 9.17) is 9.47 Å². The quantitative estimate of drug-likeness (QED) is 0.803. The molecule has 0 aromatic heterocycles. The Balaban J connectivity index is 1.70. The average Bonchev–Trinajstić information content (AvgIpc) is 2.76. The predicted octanol–water partition coefficient (Wildman–Crippen LogP) is 2.06. The molecule has 0 bridgehead atoms. The summed E-state index contributed by atoms with van der Waals surface area (Å²) in [5, 5.41) is 0. The van der Waals surface area contributed by atoms with Crippen molar-refractivity contribution in [2.75, 3.05) is 32.9 Å². The summed E-state index contributed by atoms with van der Waals surface area (Å²) in [7, 11) is 0. The second-order valence-corrected chi connectivity index (χ2v) is 5.07. The maximum absolute atomic E-state index is 13.3. The lowest BCUT2D eigenvalue weighted by atomic mass is 10.1. The van der Waals surface area contributed by atoms with Gasteiger partial charge in [-0.2, -0.15) is 0 Å². The predicted molar refractivity (Wildman–Crippen MR) is 66.1 cm³/mol. The fourth-order valence-electron chi connectivity index (χ4n) is 2.67. The van der Waals surface area contributed by atoms with Gasteiger partial charge in [-0.25, -0.2) is 4.39 Å². The fourth-order valence-corrected chi connectivity index (χ4v) is 2.67. The van der Waals surface area contributed by atoms with Crippen molar-refractivity contribution < 1.29 is 13.9 Å². The van der Waals surface area contributed by atoms with Crippen LogP contribution in [0, 0.1) is 11.7 Å². The van der Waals surface area contributed by atoms with Gasteiger partial charge >= 0.3 is 0 Å². The third kappa shape index (κ3) is 2.65. The first-order valence-electron chi connectivity index (χ1n) is 6.52. The van der Waals surface area contributed by atoms with Gasteiger partial charge in [-0.3, -0.25) is 4.90 Å². The van der Waals surface area contributed by atoms with Crippen molar-refractivity contribution in [2.45, 2.75) is 13.0 Å². The third-order valence-corrected chi connectivity index (χ3v) is 3.62. The SMILES string of the molecule is Fc1ccc2c(c1)CN(CC1CCOC1)CCO2. The first-order valence-corrected chi connectivity index (χ1v) is 6.52. The number of hydrogen-bond donors (Lipinski definition) is 0. The molecule has 2 heterocycles. The fraction of sp³-hybridized carbons (Fsp3) is 0.571. The van der Waals surface area contributed by atoms with E-state index < -0.39 is 0 Å². The van der Waals surface area contributed by atoms with Crippen LogP contribution in [-0.2, 0) is 11.3 Å². The van der Waals surface area contributed by atoms with E-state index in [0.29, 0.717) is 12.5 Å². The van der Waals surface area contributed by atoms with Gasteiger partial charge in [-0.15, -0.1) is 0 Å². The molecule has 3 nitrogen and oxygen atoms in total. The van der Waals surface area contributed by atoms with Gasteiger partial charge in [0.05, 0.1) is 6.61 Å². The van der Waals surface area contributed by atoms with E-state index in [2.05, 4.69) is 4.90 Å². The summed E-state index contributed by atoms with van der Waals surface area (Å²) in [5.41, 5.74) is 0.950. The van der Waals surface area contributed by atoms with E-state index in [1.807, 2.05) is 0 Å². The average molecular weight is 251 g/mol. The number of hydrogen-bond acceptors (Lipinski definition) is 3. The Morgan fingerprint density at radius 1 is 1.33 bits per heavy atom. The van der Waals surface area contributed by atoms with E-state index in [-0.39, 0.29) is 5.82 Å². The summed E-state index contributed by atoms with van der Waals surface area (Å²) in [6, 6.07) is 4.77. The Morgan fingerprint density at radius 2 is 2.28 bits per heavy atom. The van der Waals surface area contributed by atoms with Crippen LogP contribution in [0.5, 0.6) is 5.75 Å². The minimum Gasteiger partial charge on any atom is -0.492 e. The van der Waals surface area contributed by atoms with Gasteiger partial charge in [0, 0.05) is 31.8 Å². The van der Waals surface area contributed by atoms with Crippen molar-refractivity contribution in [1.29, 1.82) is 0 Å². The summed E-state index contributed by atoms with van der Waals surface area (Å²) in [5.74, 6) is 1.24. The van der Waals surface area contributed by atoms with Crippen LogP contribution < -0.4 is 4.74 Å². The summed E-state index contributed by atoms with van der Waals surface area (Å²) in [4.78, 5) is 2.34. The van der Waals surface area contributed by atoms with Crippen LogP contribution in [0.3, 0.4) is 0 Å². The minimum absolute atomic E-state index is 0.191. The van der Waals surface area contributed by atoms with E-state index in [1.165, 1.54) is 6.07 Å². The standard InChI is InChI=1S/C14H18FNO2/c15-13-1-2-14-12(7-13)9-16(4-6-18-14)8-11-3-5-17-10-11/h1-2,7,11H,3-6,8-10H2. The maximum atomic E-state index is 13.3. The highest BCUT2D eigenvalue weighted by atomic mass is 19.1. The Labute approximate surface area is 106 Å². The molecule has 1 aromatic rings. The van der Waals surface area contributed by atoms with Crippen molar-refractivity contribution in [3.05, 3.63) is 29.6 Å². The molecule has 1 aromatic carbocycles. The van der Waals surface area contributed by atoms with Crippen LogP contribution >= 0.6 is 0 Å². The second kappa shape index (κ2) is 5.24. The molecule has 1 unspecified atom stereocenters. The molecule has 98 valence electrons. The molecular formula is C14H18FNO2. The molecule has 4 heteroatoms. The Kier molecular flexibility index (Phi) is 3.48. The van der Waals surface area contributed by atoms with E-state index >= 15 is 0 Å². The normalized spacial score (nSPS) is 24.4. The summed E-state index contributed by atoms with van der Waals surface area (Å²) < 4.78 is 24.3. The zero-order valence-electron chi connectivity index (χ0n) is 10.4. The zero-order valence-corrected chi connectivity index (χ0v) is 10.4. The number of ether oxygens (including phenoxy) is 2. The highest BCUT2D eigenvalue weighted by Crippen LogP contribution is 2.25. The highest BCUT2D eigenvalue weighted by Gasteiger charge is 2.22. The lowest BCUT2D eigenvalue weighted by molar-refractivity contribution is 0.159. The van der Waals surface area contributed by atoms with Crippen molar-refractivity contribution in [3.63, 3.8) is 0 Å². The minimum atomic E-state index is -0.191. The second-order valence-electron chi connectivity index (χ2n) is 5.07. The summed E-state index contributed by atoms with van der Waals surface area (Å²) in [6.07, 6.45) is 1.13. The molecule has 0 aliphatic carbocycles. The van der Waals surface area contributed by atoms with Crippen molar-refractivity contribution in [2.24, 2.45) is 5.92 Å². The molecule has 0 N–H and O–H groups in total. The van der Waals surface area contributed by atoms with E-state index in [9.17, 15) is 4.39 Å². The Bertz CT molecular complexity index is 418. The monoisotopic (exact) mass is 251 g/mol. The van der Waals surface area contributed by atoms with Crippen LogP contribution in [0.4, 0.5) is 4.39 Å². The van der Waals surface area contributed by atoms with Gasteiger partial charge in [-0.05, 0) is 30.5 Å². The maximum Gasteiger partial charge on any atom is 0.124 e. The molecule has 0 spiro atoms. The molecular weight excluding hydrogens is 233 g/mol. The molecule has 2 aliphatic heterocycles. The van der Waals surface area contributed by atoms with E-state index in [1.54, 1.807) is 12.1 Å². The third-order valence-electron chi connectivity index (χ3n) is 3.62. The number of fused-ring (bicyclic) bond motifs is 1. The smallest absolute Gasteiger partial charge is 0.124 e. The Morgan fingerprint density at radius 3 is 3.11 bits per heavy atom. The van der Waals surface area contributed by atoms with Gasteiger partial charge in [0.15, 0.2) is 0 Å². The van der Waals surface area contributed by atoms with Gasteiger partial charge in [0.1, 0.15) is 18.2 Å². The van der Waals surface area contributed by atoms with Gasteiger partial charge < -0.3 is 9.47 Å². The lowest BCUT2D eigenvalue weighted by Crippen LogP contribution is -2.31. The van der Waals surface area contributed by atoms with Crippen LogP contribution in [-0.4, -0.2) is 37.8 Å². The first-order chi connectivity index (χ1) is 8.81. The van der Waals surface area contributed by atoms with E-state index in [0.717, 1.165) is 50.6 Å². The molecule has 0 saturated carbocycles. The Hall–Kier alpha value is -1.13. The number of benzene rings is 1. The van der Waals surface area contributed by atoms with Crippen LogP contribution in [0.25, 0.3) is 0 Å². The van der Waals surface area contributed by atoms with Gasteiger partial charge in [0.2, 0.25) is 0 Å². The van der Waals surface area contributed by atoms with Gasteiger partial charge in [0.25, 0.3) is 0 Å². The van der Waals surface area contributed by atoms with Crippen LogP contribution in [0.15, 0.2) is 18.2 Å². The number of nitrogens with zero attached hydrogens (tertiary/aromatic N) is 1. The zero-order chi connectivity index (χ0) is 12.4. The molecule has 0 amide bonds. The largest absolute Gasteiger partial charge is 0.492 e. The highest BCUT2D eigenvalue weighted by molar-refractivity contribution is 5.34. The number of halogens is 1. The summed E-state index contributed by atoms with van der Waals surface area (Å²) >= 11 is 0. The molecule has 1 atom stereocenters. The topological polar surface area (TPSA) is 21.7 Å². The molecule has 3 rings (SSSR count). The molecule has 0 radical (unpaired) electrons. The summed E-state index contributed by atoms with van der Waals surface area (Å²) in [6.45, 7) is 5.08. The van der Waals surface area contributed by atoms with Gasteiger partial charge in [-0.1, -0.05) is 0 Å².